The second-order valence-electron chi connectivity index (χ2n) is 4.41. The van der Waals surface area contributed by atoms with Crippen molar-refractivity contribution in [3.63, 3.8) is 0 Å². The molecule has 0 heterocycles. The summed E-state index contributed by atoms with van der Waals surface area (Å²) >= 11 is 0. The quantitative estimate of drug-likeness (QED) is 0.826. The van der Waals surface area contributed by atoms with Crippen LogP contribution in [0.4, 0.5) is 5.69 Å². The summed E-state index contributed by atoms with van der Waals surface area (Å²) in [6, 6.07) is 3.07. The molecule has 1 rings (SSSR count). The van der Waals surface area contributed by atoms with Gasteiger partial charge in [-0.2, -0.15) is 0 Å². The zero-order chi connectivity index (χ0) is 14.4. The van der Waals surface area contributed by atoms with Gasteiger partial charge in [-0.1, -0.05) is 13.3 Å². The summed E-state index contributed by atoms with van der Waals surface area (Å²) in [4.78, 5) is 11.9. The average Bonchev–Trinajstić information content (AvgIpc) is 2.40. The molecule has 0 aromatic heterocycles. The molecule has 1 aromatic carbocycles. The van der Waals surface area contributed by atoms with E-state index in [0.717, 1.165) is 12.0 Å². The molecule has 0 aliphatic carbocycles. The van der Waals surface area contributed by atoms with Crippen molar-refractivity contribution in [2.75, 3.05) is 19.5 Å². The fourth-order valence-corrected chi connectivity index (χ4v) is 1.78. The molecule has 1 aromatic rings. The molecule has 0 aliphatic rings. The third-order valence-corrected chi connectivity index (χ3v) is 2.92. The summed E-state index contributed by atoms with van der Waals surface area (Å²) in [5, 5.41) is 2.82. The monoisotopic (exact) mass is 266 g/mol. The number of carbonyl (C=O) groups is 1. The van der Waals surface area contributed by atoms with Gasteiger partial charge in [0.05, 0.1) is 20.3 Å². The number of amides is 1. The third kappa shape index (κ3) is 3.86. The second kappa shape index (κ2) is 6.99. The molecule has 0 fully saturated rings. The summed E-state index contributed by atoms with van der Waals surface area (Å²) in [5.41, 5.74) is 7.37. The molecule has 5 heteroatoms. The van der Waals surface area contributed by atoms with Crippen LogP contribution in [0.15, 0.2) is 12.1 Å². The summed E-state index contributed by atoms with van der Waals surface area (Å²) in [6.07, 6.45) is 1.54. The highest BCUT2D eigenvalue weighted by molar-refractivity contribution is 5.95. The van der Waals surface area contributed by atoms with Crippen LogP contribution >= 0.6 is 0 Å². The van der Waals surface area contributed by atoms with Crippen molar-refractivity contribution < 1.29 is 14.3 Å². The molecule has 0 bridgehead atoms. The Labute approximate surface area is 114 Å². The number of hydrogen-bond donors (Lipinski definition) is 2. The molecule has 106 valence electrons. The molecule has 0 saturated carbocycles. The average molecular weight is 266 g/mol. The van der Waals surface area contributed by atoms with Crippen molar-refractivity contribution in [3.05, 3.63) is 17.7 Å². The normalized spacial score (nSPS) is 11.8. The first-order valence-electron chi connectivity index (χ1n) is 6.32. The smallest absolute Gasteiger partial charge is 0.241 e. The van der Waals surface area contributed by atoms with Gasteiger partial charge in [-0.05, 0) is 25.0 Å². The Bertz CT molecular complexity index is 447. The van der Waals surface area contributed by atoms with Gasteiger partial charge in [0.1, 0.15) is 0 Å². The SMILES string of the molecule is CCC[C@H](N)C(=O)Nc1cc(OC)c(OC)cc1C. The molecule has 3 N–H and O–H groups in total. The van der Waals surface area contributed by atoms with Crippen LogP contribution in [0.3, 0.4) is 0 Å². The number of methoxy groups -OCH3 is 2. The minimum Gasteiger partial charge on any atom is -0.493 e. The van der Waals surface area contributed by atoms with Crippen LogP contribution in [0, 0.1) is 6.92 Å². The predicted molar refractivity (Wildman–Crippen MR) is 75.8 cm³/mol. The minimum atomic E-state index is -0.488. The van der Waals surface area contributed by atoms with Gasteiger partial charge in [-0.15, -0.1) is 0 Å². The van der Waals surface area contributed by atoms with Gasteiger partial charge in [0.15, 0.2) is 11.5 Å². The van der Waals surface area contributed by atoms with Crippen molar-refractivity contribution in [1.82, 2.24) is 0 Å². The number of rotatable bonds is 6. The molecule has 0 aliphatic heterocycles. The van der Waals surface area contributed by atoms with E-state index in [1.807, 2.05) is 19.9 Å². The highest BCUT2D eigenvalue weighted by Crippen LogP contribution is 2.32. The van der Waals surface area contributed by atoms with E-state index >= 15 is 0 Å². The minimum absolute atomic E-state index is 0.183. The van der Waals surface area contributed by atoms with Crippen molar-refractivity contribution in [2.24, 2.45) is 5.73 Å². The maximum Gasteiger partial charge on any atom is 0.241 e. The first kappa shape index (κ1) is 15.3. The summed E-state index contributed by atoms with van der Waals surface area (Å²) in [6.45, 7) is 3.89. The number of benzene rings is 1. The summed E-state index contributed by atoms with van der Waals surface area (Å²) in [5.74, 6) is 1.03. The topological polar surface area (TPSA) is 73.6 Å². The fourth-order valence-electron chi connectivity index (χ4n) is 1.78. The van der Waals surface area contributed by atoms with Gasteiger partial charge in [-0.3, -0.25) is 4.79 Å². The molecule has 19 heavy (non-hydrogen) atoms. The molecule has 0 radical (unpaired) electrons. The van der Waals surface area contributed by atoms with Crippen LogP contribution in [0.1, 0.15) is 25.3 Å². The Morgan fingerprint density at radius 1 is 1.32 bits per heavy atom. The molecular formula is C14H22N2O3. The van der Waals surface area contributed by atoms with Crippen LogP contribution in [0.2, 0.25) is 0 Å². The Balaban J connectivity index is 2.92. The van der Waals surface area contributed by atoms with Crippen LogP contribution in [-0.4, -0.2) is 26.2 Å². The molecule has 0 saturated heterocycles. The molecule has 1 atom stereocenters. The standard InChI is InChI=1S/C14H22N2O3/c1-5-6-10(15)14(17)16-11-8-13(19-4)12(18-3)7-9(11)2/h7-8,10H,5-6,15H2,1-4H3,(H,16,17)/t10-/m0/s1. The van der Waals surface area contributed by atoms with Gasteiger partial charge < -0.3 is 20.5 Å². The summed E-state index contributed by atoms with van der Waals surface area (Å²) < 4.78 is 10.4. The van der Waals surface area contributed by atoms with Gasteiger partial charge in [0.25, 0.3) is 0 Å². The number of nitrogens with two attached hydrogens (primary N) is 1. The highest BCUT2D eigenvalue weighted by atomic mass is 16.5. The molecule has 0 unspecified atom stereocenters. The van der Waals surface area contributed by atoms with Crippen LogP contribution < -0.4 is 20.5 Å². The number of carbonyl (C=O) groups excluding carboxylic acids is 1. The van der Waals surface area contributed by atoms with Crippen molar-refractivity contribution >= 4 is 11.6 Å². The third-order valence-electron chi connectivity index (χ3n) is 2.92. The Morgan fingerprint density at radius 3 is 2.42 bits per heavy atom. The van der Waals surface area contributed by atoms with Gasteiger partial charge in [0, 0.05) is 11.8 Å². The molecule has 5 nitrogen and oxygen atoms in total. The van der Waals surface area contributed by atoms with E-state index in [0.29, 0.717) is 23.6 Å². The highest BCUT2D eigenvalue weighted by Gasteiger charge is 2.15. The molecule has 0 spiro atoms. The van der Waals surface area contributed by atoms with Gasteiger partial charge in [-0.25, -0.2) is 0 Å². The van der Waals surface area contributed by atoms with Crippen molar-refractivity contribution in [2.45, 2.75) is 32.7 Å². The van der Waals surface area contributed by atoms with E-state index in [9.17, 15) is 4.79 Å². The molecular weight excluding hydrogens is 244 g/mol. The number of anilines is 1. The van der Waals surface area contributed by atoms with E-state index in [1.165, 1.54) is 0 Å². The van der Waals surface area contributed by atoms with Crippen LogP contribution in [0.25, 0.3) is 0 Å². The Morgan fingerprint density at radius 2 is 1.89 bits per heavy atom. The number of hydrogen-bond acceptors (Lipinski definition) is 4. The maximum atomic E-state index is 11.9. The fraction of sp³-hybridized carbons (Fsp3) is 0.500. The van der Waals surface area contributed by atoms with E-state index in [1.54, 1.807) is 20.3 Å². The summed E-state index contributed by atoms with van der Waals surface area (Å²) in [7, 11) is 3.13. The van der Waals surface area contributed by atoms with E-state index in [4.69, 9.17) is 15.2 Å². The first-order valence-corrected chi connectivity index (χ1v) is 6.32. The lowest BCUT2D eigenvalue weighted by atomic mass is 10.1. The Kier molecular flexibility index (Phi) is 5.63. The zero-order valence-corrected chi connectivity index (χ0v) is 11.9. The zero-order valence-electron chi connectivity index (χ0n) is 11.9. The van der Waals surface area contributed by atoms with Crippen molar-refractivity contribution in [3.8, 4) is 11.5 Å². The van der Waals surface area contributed by atoms with E-state index < -0.39 is 6.04 Å². The Hall–Kier alpha value is -1.75. The lowest BCUT2D eigenvalue weighted by Crippen LogP contribution is -2.35. The first-order chi connectivity index (χ1) is 9.03. The van der Waals surface area contributed by atoms with E-state index in [2.05, 4.69) is 5.32 Å². The maximum absolute atomic E-state index is 11.9. The second-order valence-corrected chi connectivity index (χ2v) is 4.41. The lowest BCUT2D eigenvalue weighted by Gasteiger charge is -2.15. The van der Waals surface area contributed by atoms with Crippen molar-refractivity contribution in [1.29, 1.82) is 0 Å². The largest absolute Gasteiger partial charge is 0.493 e. The lowest BCUT2D eigenvalue weighted by molar-refractivity contribution is -0.117. The van der Waals surface area contributed by atoms with Crippen LogP contribution in [0.5, 0.6) is 11.5 Å². The van der Waals surface area contributed by atoms with Crippen LogP contribution in [-0.2, 0) is 4.79 Å². The predicted octanol–water partition coefficient (Wildman–Crippen LogP) is 2.08. The number of aryl methyl sites for hydroxylation is 1. The van der Waals surface area contributed by atoms with Gasteiger partial charge in [0.2, 0.25) is 5.91 Å². The number of nitrogens with one attached hydrogen (secondary N) is 1. The molecule has 1 amide bonds. The van der Waals surface area contributed by atoms with Gasteiger partial charge >= 0.3 is 0 Å². The van der Waals surface area contributed by atoms with E-state index in [-0.39, 0.29) is 5.91 Å². The number of ether oxygens (including phenoxy) is 2.